The Kier molecular flexibility index (Phi) is 4.98. The van der Waals surface area contributed by atoms with Gasteiger partial charge in [0, 0.05) is 12.1 Å². The maximum atomic E-state index is 12.8. The van der Waals surface area contributed by atoms with Gasteiger partial charge in [-0.25, -0.2) is 0 Å². The molecule has 1 amide bonds. The fourth-order valence-corrected chi connectivity index (χ4v) is 4.71. The molecule has 0 aromatic heterocycles. The highest BCUT2D eigenvalue weighted by atomic mass is 35.5. The number of carbonyl (C=O) groups excluding carboxylic acids is 1. The number of amides is 1. The van der Waals surface area contributed by atoms with Gasteiger partial charge in [-0.3, -0.25) is 4.79 Å². The van der Waals surface area contributed by atoms with E-state index in [1.807, 2.05) is 6.07 Å². The molecule has 4 heteroatoms. The molecule has 3 saturated carbocycles. The lowest BCUT2D eigenvalue weighted by atomic mass is 9.84. The molecule has 0 saturated heterocycles. The van der Waals surface area contributed by atoms with E-state index in [-0.39, 0.29) is 30.3 Å². The molecule has 0 spiro atoms. The minimum absolute atomic E-state index is 0. The predicted octanol–water partition coefficient (Wildman–Crippen LogP) is 2.92. The number of rotatable bonds is 5. The highest BCUT2D eigenvalue weighted by Gasteiger charge is 2.49. The number of halogens is 1. The van der Waals surface area contributed by atoms with Crippen molar-refractivity contribution in [2.75, 3.05) is 0 Å². The van der Waals surface area contributed by atoms with Crippen LogP contribution in [0, 0.1) is 23.7 Å². The number of fused-ring (bicyclic) bond motifs is 2. The van der Waals surface area contributed by atoms with Gasteiger partial charge < -0.3 is 11.1 Å². The lowest BCUT2D eigenvalue weighted by molar-refractivity contribution is -0.127. The van der Waals surface area contributed by atoms with Crippen molar-refractivity contribution >= 4 is 18.3 Å². The molecule has 5 atom stereocenters. The van der Waals surface area contributed by atoms with Gasteiger partial charge in [0.1, 0.15) is 0 Å². The van der Waals surface area contributed by atoms with Crippen molar-refractivity contribution in [3.63, 3.8) is 0 Å². The first-order valence-electron chi connectivity index (χ1n) is 8.82. The van der Waals surface area contributed by atoms with Crippen molar-refractivity contribution in [3.05, 3.63) is 35.9 Å². The summed E-state index contributed by atoms with van der Waals surface area (Å²) in [4.78, 5) is 12.8. The third kappa shape index (κ3) is 3.41. The fourth-order valence-electron chi connectivity index (χ4n) is 4.71. The Bertz CT molecular complexity index is 544. The van der Waals surface area contributed by atoms with Gasteiger partial charge in [-0.15, -0.1) is 12.4 Å². The van der Waals surface area contributed by atoms with E-state index < -0.39 is 0 Å². The van der Waals surface area contributed by atoms with Gasteiger partial charge in [-0.2, -0.15) is 0 Å². The van der Waals surface area contributed by atoms with Crippen LogP contribution >= 0.6 is 12.4 Å². The second kappa shape index (κ2) is 6.82. The SMILES string of the molecule is Cl.NC1C2CCC(C2)C1C(=O)NC(Cc1ccccc1)C1CC1. The van der Waals surface area contributed by atoms with Crippen LogP contribution < -0.4 is 11.1 Å². The summed E-state index contributed by atoms with van der Waals surface area (Å²) in [5.74, 6) is 2.09. The zero-order valence-corrected chi connectivity index (χ0v) is 14.3. The molecular weight excluding hydrogens is 308 g/mol. The van der Waals surface area contributed by atoms with Crippen molar-refractivity contribution in [1.29, 1.82) is 0 Å². The van der Waals surface area contributed by atoms with E-state index in [0.717, 1.165) is 6.42 Å². The largest absolute Gasteiger partial charge is 0.352 e. The number of nitrogens with two attached hydrogens (primary N) is 1. The Labute approximate surface area is 144 Å². The summed E-state index contributed by atoms with van der Waals surface area (Å²) in [6.45, 7) is 0. The summed E-state index contributed by atoms with van der Waals surface area (Å²) in [5.41, 5.74) is 7.64. The Morgan fingerprint density at radius 2 is 1.83 bits per heavy atom. The average molecular weight is 335 g/mol. The maximum Gasteiger partial charge on any atom is 0.225 e. The van der Waals surface area contributed by atoms with Crippen LogP contribution in [0.15, 0.2) is 30.3 Å². The highest BCUT2D eigenvalue weighted by molar-refractivity contribution is 5.85. The Balaban J connectivity index is 0.00000156. The summed E-state index contributed by atoms with van der Waals surface area (Å²) in [7, 11) is 0. The molecule has 23 heavy (non-hydrogen) atoms. The molecule has 0 radical (unpaired) electrons. The average Bonchev–Trinajstić information content (AvgIpc) is 3.19. The normalized spacial score (nSPS) is 33.1. The first-order valence-corrected chi connectivity index (χ1v) is 8.82. The van der Waals surface area contributed by atoms with E-state index in [4.69, 9.17) is 5.73 Å². The Hall–Kier alpha value is -1.06. The molecule has 3 nitrogen and oxygen atoms in total. The lowest BCUT2D eigenvalue weighted by Gasteiger charge is -2.29. The number of hydrogen-bond donors (Lipinski definition) is 2. The van der Waals surface area contributed by atoms with E-state index >= 15 is 0 Å². The van der Waals surface area contributed by atoms with Crippen molar-refractivity contribution in [2.45, 2.75) is 50.6 Å². The van der Waals surface area contributed by atoms with Crippen LogP contribution in [0.1, 0.15) is 37.7 Å². The van der Waals surface area contributed by atoms with E-state index in [1.54, 1.807) is 0 Å². The number of benzene rings is 1. The summed E-state index contributed by atoms with van der Waals surface area (Å²) in [6.07, 6.45) is 7.05. The van der Waals surface area contributed by atoms with Crippen molar-refractivity contribution in [2.24, 2.45) is 29.4 Å². The van der Waals surface area contributed by atoms with Gasteiger partial charge in [0.2, 0.25) is 5.91 Å². The minimum Gasteiger partial charge on any atom is -0.352 e. The Morgan fingerprint density at radius 1 is 1.13 bits per heavy atom. The van der Waals surface area contributed by atoms with Crippen molar-refractivity contribution in [1.82, 2.24) is 5.32 Å². The molecule has 3 aliphatic rings. The summed E-state index contributed by atoms with van der Waals surface area (Å²) in [5, 5.41) is 3.37. The standard InChI is InChI=1S/C19H26N2O.ClH/c20-18-15-9-8-14(11-15)17(18)19(22)21-16(13-6-7-13)10-12-4-2-1-3-5-12;/h1-5,13-18H,6-11,20H2,(H,21,22);1H. The van der Waals surface area contributed by atoms with Crippen molar-refractivity contribution < 1.29 is 4.79 Å². The van der Waals surface area contributed by atoms with Gasteiger partial charge in [0.25, 0.3) is 0 Å². The molecule has 126 valence electrons. The van der Waals surface area contributed by atoms with Crippen LogP contribution in [-0.2, 0) is 11.2 Å². The molecule has 1 aromatic rings. The topological polar surface area (TPSA) is 55.1 Å². The number of carbonyl (C=O) groups is 1. The quantitative estimate of drug-likeness (QED) is 0.870. The molecule has 1 aromatic carbocycles. The highest BCUT2D eigenvalue weighted by Crippen LogP contribution is 2.48. The lowest BCUT2D eigenvalue weighted by Crippen LogP contribution is -2.49. The number of hydrogen-bond acceptors (Lipinski definition) is 2. The molecule has 3 N–H and O–H groups in total. The van der Waals surface area contributed by atoms with E-state index in [0.29, 0.717) is 23.8 Å². The third-order valence-corrected chi connectivity index (χ3v) is 6.10. The fraction of sp³-hybridized carbons (Fsp3) is 0.632. The first-order chi connectivity index (χ1) is 10.7. The monoisotopic (exact) mass is 334 g/mol. The van der Waals surface area contributed by atoms with Crippen LogP contribution in [0.5, 0.6) is 0 Å². The van der Waals surface area contributed by atoms with E-state index in [9.17, 15) is 4.79 Å². The molecule has 0 heterocycles. The minimum atomic E-state index is 0. The third-order valence-electron chi connectivity index (χ3n) is 6.10. The van der Waals surface area contributed by atoms with Crippen LogP contribution in [0.2, 0.25) is 0 Å². The van der Waals surface area contributed by atoms with Crippen LogP contribution in [0.3, 0.4) is 0 Å². The summed E-state index contributed by atoms with van der Waals surface area (Å²) < 4.78 is 0. The second-order valence-electron chi connectivity index (χ2n) is 7.58. The summed E-state index contributed by atoms with van der Waals surface area (Å²) in [6, 6.07) is 10.9. The first kappa shape index (κ1) is 16.8. The van der Waals surface area contributed by atoms with Gasteiger partial charge in [0.05, 0.1) is 5.92 Å². The van der Waals surface area contributed by atoms with E-state index in [1.165, 1.54) is 37.7 Å². The molecule has 0 aliphatic heterocycles. The smallest absolute Gasteiger partial charge is 0.225 e. The van der Waals surface area contributed by atoms with Crippen LogP contribution in [0.4, 0.5) is 0 Å². The Morgan fingerprint density at radius 3 is 2.43 bits per heavy atom. The van der Waals surface area contributed by atoms with Crippen molar-refractivity contribution in [3.8, 4) is 0 Å². The molecule has 5 unspecified atom stereocenters. The zero-order chi connectivity index (χ0) is 15.1. The van der Waals surface area contributed by atoms with Crippen LogP contribution in [0.25, 0.3) is 0 Å². The van der Waals surface area contributed by atoms with Crippen LogP contribution in [-0.4, -0.2) is 18.0 Å². The molecule has 3 fully saturated rings. The molecule has 3 aliphatic carbocycles. The van der Waals surface area contributed by atoms with E-state index in [2.05, 4.69) is 29.6 Å². The second-order valence-corrected chi connectivity index (χ2v) is 7.58. The number of nitrogens with one attached hydrogen (secondary N) is 1. The zero-order valence-electron chi connectivity index (χ0n) is 13.5. The molecule has 2 bridgehead atoms. The molecular formula is C19H27ClN2O. The molecule has 4 rings (SSSR count). The van der Waals surface area contributed by atoms with Gasteiger partial charge in [0.15, 0.2) is 0 Å². The maximum absolute atomic E-state index is 12.8. The van der Waals surface area contributed by atoms with Gasteiger partial charge in [-0.1, -0.05) is 30.3 Å². The summed E-state index contributed by atoms with van der Waals surface area (Å²) >= 11 is 0. The predicted molar refractivity (Wildman–Crippen MR) is 94.3 cm³/mol. The van der Waals surface area contributed by atoms with Gasteiger partial charge >= 0.3 is 0 Å². The van der Waals surface area contributed by atoms with Gasteiger partial charge in [-0.05, 0) is 61.8 Å².